The number of phenolic OH excluding ortho intramolecular Hbond substituents is 1. The number of aromatic amines is 1. The summed E-state index contributed by atoms with van der Waals surface area (Å²) in [6, 6.07) is 13.5. The summed E-state index contributed by atoms with van der Waals surface area (Å²) in [6.45, 7) is -0.402. The van der Waals surface area contributed by atoms with E-state index in [-0.39, 0.29) is 76.8 Å². The number of aliphatic carboxylic acids is 1. The molecule has 3 fully saturated rings. The minimum absolute atomic E-state index is 0.0315. The Kier molecular flexibility index (Phi) is 6.81. The number of phenols is 1. The minimum Gasteiger partial charge on any atom is -0.508 e. The van der Waals surface area contributed by atoms with E-state index < -0.39 is 17.8 Å². The summed E-state index contributed by atoms with van der Waals surface area (Å²) in [6.07, 6.45) is 0.412. The van der Waals surface area contributed by atoms with Crippen LogP contribution in [0.25, 0.3) is 0 Å². The number of para-hydroxylation sites is 1. The molecule has 43 heavy (non-hydrogen) atoms. The van der Waals surface area contributed by atoms with Crippen LogP contribution in [0.2, 0.25) is 0 Å². The van der Waals surface area contributed by atoms with E-state index in [4.69, 9.17) is 9.84 Å². The standard InChI is InChI=1S/C30H27N3O8S2/c34-14-7-5-13(6-8-14)31-19(35)12-41-18-4-2-1-3-15(18)21-22-16-11-17(25(22)42-27-26(21)43-30(40)32-27)24-23(16)28(38)33(29(24)39)10-9-20(36)37/h1-8,16-17,21-25,34H,9-12H2,(H,31,35)(H,32,40)(H,36,37)/t16?,17?,21-,22?,23?,24?,25?/m1/s1. The molecule has 2 saturated carbocycles. The highest BCUT2D eigenvalue weighted by Gasteiger charge is 2.69. The number of carbonyl (C=O) groups excluding carboxylic acids is 3. The first-order chi connectivity index (χ1) is 20.7. The van der Waals surface area contributed by atoms with Gasteiger partial charge in [-0.15, -0.1) is 11.8 Å². The molecule has 2 bridgehead atoms. The number of carboxylic acid groups (broad SMARTS) is 1. The zero-order valence-corrected chi connectivity index (χ0v) is 24.2. The zero-order valence-electron chi connectivity index (χ0n) is 22.6. The maximum atomic E-state index is 13.5. The second kappa shape index (κ2) is 10.6. The average molecular weight is 622 g/mol. The molecule has 0 spiro atoms. The number of nitrogens with zero attached hydrogens (tertiary/aromatic N) is 1. The molecule has 4 N–H and O–H groups in total. The quantitative estimate of drug-likeness (QED) is 0.218. The molecular weight excluding hydrogens is 594 g/mol. The second-order valence-corrected chi connectivity index (χ2v) is 13.6. The SMILES string of the molecule is O=C(O)CCN1C(=O)C2C3CC(C2C1=O)C1C3Sc2[nH]c(=O)sc2[C@@H]1c1ccccc1OCC(=O)Nc1ccc(O)cc1. The van der Waals surface area contributed by atoms with Gasteiger partial charge < -0.3 is 25.3 Å². The maximum Gasteiger partial charge on any atom is 0.305 e. The summed E-state index contributed by atoms with van der Waals surface area (Å²) >= 11 is 2.69. The number of rotatable bonds is 8. The lowest BCUT2D eigenvalue weighted by Gasteiger charge is -2.43. The lowest BCUT2D eigenvalue weighted by atomic mass is 9.68. The molecule has 3 heterocycles. The molecule has 222 valence electrons. The van der Waals surface area contributed by atoms with Crippen LogP contribution >= 0.6 is 23.1 Å². The molecule has 6 unspecified atom stereocenters. The monoisotopic (exact) mass is 621 g/mol. The Hall–Kier alpha value is -4.10. The van der Waals surface area contributed by atoms with Gasteiger partial charge in [-0.3, -0.25) is 28.9 Å². The fraction of sp³-hybridized carbons (Fsp3) is 0.367. The first-order valence-corrected chi connectivity index (χ1v) is 15.7. The fourth-order valence-corrected chi connectivity index (χ4v) is 10.5. The van der Waals surface area contributed by atoms with Crippen molar-refractivity contribution >= 4 is 52.5 Å². The number of carboxylic acids is 1. The van der Waals surface area contributed by atoms with Crippen LogP contribution in [0.5, 0.6) is 11.5 Å². The number of imide groups is 1. The van der Waals surface area contributed by atoms with Crippen molar-refractivity contribution in [1.29, 1.82) is 0 Å². The van der Waals surface area contributed by atoms with Crippen molar-refractivity contribution in [2.75, 3.05) is 18.5 Å². The number of likely N-dealkylation sites (tertiary alicyclic amines) is 1. The highest BCUT2D eigenvalue weighted by atomic mass is 32.2. The highest BCUT2D eigenvalue weighted by molar-refractivity contribution is 8.00. The number of carbonyl (C=O) groups is 4. The van der Waals surface area contributed by atoms with E-state index in [1.807, 2.05) is 18.2 Å². The molecule has 7 atom stereocenters. The van der Waals surface area contributed by atoms with Gasteiger partial charge in [0.15, 0.2) is 6.61 Å². The fourth-order valence-electron chi connectivity index (χ4n) is 7.61. The molecule has 1 aromatic heterocycles. The third-order valence-electron chi connectivity index (χ3n) is 9.13. The number of thiazole rings is 1. The summed E-state index contributed by atoms with van der Waals surface area (Å²) in [5.74, 6) is -3.03. The normalized spacial score (nSPS) is 28.4. The molecule has 2 aliphatic carbocycles. The minimum atomic E-state index is -1.06. The number of fused-ring (bicyclic) bond motifs is 9. The van der Waals surface area contributed by atoms with E-state index in [2.05, 4.69) is 10.3 Å². The summed E-state index contributed by atoms with van der Waals surface area (Å²) in [7, 11) is 0. The topological polar surface area (TPSA) is 166 Å². The third-order valence-corrected chi connectivity index (χ3v) is 11.7. The number of anilines is 1. The van der Waals surface area contributed by atoms with Gasteiger partial charge in [-0.1, -0.05) is 29.5 Å². The number of aromatic nitrogens is 1. The van der Waals surface area contributed by atoms with Crippen LogP contribution in [-0.2, 0) is 19.2 Å². The largest absolute Gasteiger partial charge is 0.508 e. The van der Waals surface area contributed by atoms with Crippen molar-refractivity contribution in [2.45, 2.75) is 29.0 Å². The van der Waals surface area contributed by atoms with Crippen molar-refractivity contribution < 1.29 is 34.1 Å². The Morgan fingerprint density at radius 1 is 1.02 bits per heavy atom. The van der Waals surface area contributed by atoms with Crippen molar-refractivity contribution in [3.63, 3.8) is 0 Å². The summed E-state index contributed by atoms with van der Waals surface area (Å²) in [5, 5.41) is 22.1. The van der Waals surface area contributed by atoms with Gasteiger partial charge in [-0.25, -0.2) is 0 Å². The smallest absolute Gasteiger partial charge is 0.305 e. The Bertz CT molecular complexity index is 1700. The Labute approximate surface area is 253 Å². The number of H-pyrrole nitrogens is 1. The summed E-state index contributed by atoms with van der Waals surface area (Å²) in [5.41, 5.74) is 1.31. The first-order valence-electron chi connectivity index (χ1n) is 14.0. The number of thioether (sulfide) groups is 1. The van der Waals surface area contributed by atoms with Crippen LogP contribution in [0.3, 0.4) is 0 Å². The Morgan fingerprint density at radius 2 is 1.74 bits per heavy atom. The van der Waals surface area contributed by atoms with Gasteiger partial charge in [0.2, 0.25) is 11.8 Å². The highest BCUT2D eigenvalue weighted by Crippen LogP contribution is 2.69. The molecule has 4 aliphatic rings. The van der Waals surface area contributed by atoms with E-state index in [9.17, 15) is 29.1 Å². The lowest BCUT2D eigenvalue weighted by molar-refractivity contribution is -0.142. The summed E-state index contributed by atoms with van der Waals surface area (Å²) in [4.78, 5) is 68.2. The van der Waals surface area contributed by atoms with Crippen molar-refractivity contribution in [2.24, 2.45) is 29.6 Å². The van der Waals surface area contributed by atoms with Crippen LogP contribution in [0, 0.1) is 29.6 Å². The Balaban J connectivity index is 1.19. The van der Waals surface area contributed by atoms with Crippen molar-refractivity contribution in [3.8, 4) is 11.5 Å². The molecule has 7 rings (SSSR count). The van der Waals surface area contributed by atoms with E-state index in [1.54, 1.807) is 30.0 Å². The van der Waals surface area contributed by atoms with E-state index in [0.717, 1.165) is 31.7 Å². The number of nitrogens with one attached hydrogen (secondary N) is 2. The predicted molar refractivity (Wildman–Crippen MR) is 156 cm³/mol. The number of hydrogen-bond acceptors (Lipinski definition) is 9. The van der Waals surface area contributed by atoms with Gasteiger partial charge in [0.05, 0.1) is 23.3 Å². The van der Waals surface area contributed by atoms with Crippen LogP contribution < -0.4 is 14.9 Å². The van der Waals surface area contributed by atoms with Gasteiger partial charge >= 0.3 is 10.8 Å². The van der Waals surface area contributed by atoms with Crippen LogP contribution in [-0.4, -0.2) is 62.2 Å². The van der Waals surface area contributed by atoms with E-state index in [1.165, 1.54) is 12.1 Å². The molecule has 2 aliphatic heterocycles. The molecule has 2 aromatic carbocycles. The molecular formula is C30H27N3O8S2. The second-order valence-electron chi connectivity index (χ2n) is 11.4. The maximum absolute atomic E-state index is 13.5. The van der Waals surface area contributed by atoms with Gasteiger partial charge in [0.1, 0.15) is 11.5 Å². The van der Waals surface area contributed by atoms with Gasteiger partial charge in [-0.2, -0.15) is 0 Å². The van der Waals surface area contributed by atoms with Crippen LogP contribution in [0.1, 0.15) is 29.2 Å². The van der Waals surface area contributed by atoms with Gasteiger partial charge in [-0.05, 0) is 54.5 Å². The number of benzene rings is 2. The number of aromatic hydroxyl groups is 1. The predicted octanol–water partition coefficient (Wildman–Crippen LogP) is 3.11. The van der Waals surface area contributed by atoms with Crippen molar-refractivity contribution in [3.05, 3.63) is 68.6 Å². The number of ether oxygens (including phenoxy) is 1. The molecule has 3 aromatic rings. The average Bonchev–Trinajstić information content (AvgIpc) is 3.71. The first kappa shape index (κ1) is 27.7. The van der Waals surface area contributed by atoms with Crippen LogP contribution in [0.15, 0.2) is 58.4 Å². The Morgan fingerprint density at radius 3 is 2.49 bits per heavy atom. The molecule has 11 nitrogen and oxygen atoms in total. The number of hydrogen-bond donors (Lipinski definition) is 4. The molecule has 0 radical (unpaired) electrons. The number of amides is 3. The third kappa shape index (κ3) is 4.61. The lowest BCUT2D eigenvalue weighted by Crippen LogP contribution is -2.42. The van der Waals surface area contributed by atoms with Crippen molar-refractivity contribution in [1.82, 2.24) is 9.88 Å². The molecule has 13 heteroatoms. The van der Waals surface area contributed by atoms with E-state index >= 15 is 0 Å². The zero-order chi connectivity index (χ0) is 30.0. The molecule has 1 saturated heterocycles. The van der Waals surface area contributed by atoms with Crippen LogP contribution in [0.4, 0.5) is 5.69 Å². The van der Waals surface area contributed by atoms with Gasteiger partial charge in [0, 0.05) is 33.8 Å². The summed E-state index contributed by atoms with van der Waals surface area (Å²) < 4.78 is 6.06. The van der Waals surface area contributed by atoms with Gasteiger partial charge in [0.25, 0.3) is 5.91 Å². The molecule has 3 amide bonds. The van der Waals surface area contributed by atoms with E-state index in [0.29, 0.717) is 17.9 Å².